The molecule has 0 saturated heterocycles. The number of hydrogen-bond donors (Lipinski definition) is 1. The van der Waals surface area contributed by atoms with Crippen LogP contribution in [0.4, 0.5) is 5.69 Å². The molecule has 0 aliphatic heterocycles. The van der Waals surface area contributed by atoms with Gasteiger partial charge in [0.2, 0.25) is 15.8 Å². The van der Waals surface area contributed by atoms with Crippen LogP contribution in [0.25, 0.3) is 0 Å². The minimum Gasteiger partial charge on any atom is -0.488 e. The van der Waals surface area contributed by atoms with Crippen molar-refractivity contribution in [2.75, 3.05) is 11.0 Å². The molecule has 0 aliphatic rings. The third-order valence-electron chi connectivity index (χ3n) is 4.47. The Morgan fingerprint density at radius 3 is 2.19 bits per heavy atom. The summed E-state index contributed by atoms with van der Waals surface area (Å²) in [6.45, 7) is 1.77. The Kier molecular flexibility index (Phi) is 7.27. The molecule has 32 heavy (non-hydrogen) atoms. The molecule has 0 fully saturated rings. The molecule has 0 amide bonds. The molecule has 0 bridgehead atoms. The van der Waals surface area contributed by atoms with Crippen molar-refractivity contribution < 1.29 is 27.5 Å². The van der Waals surface area contributed by atoms with Gasteiger partial charge in [0.1, 0.15) is 17.9 Å². The summed E-state index contributed by atoms with van der Waals surface area (Å²) in [5.74, 6) is -0.728. The van der Waals surface area contributed by atoms with E-state index >= 15 is 0 Å². The number of hydrogen-bond acceptors (Lipinski definition) is 6. The van der Waals surface area contributed by atoms with Gasteiger partial charge in [-0.05, 0) is 48.9 Å². The van der Waals surface area contributed by atoms with Crippen molar-refractivity contribution in [3.8, 4) is 5.75 Å². The molecule has 1 unspecified atom stereocenters. The SMILES string of the molecule is CC(OC(=O)c1ccccc1OCc1ccccc1)C(=O)c1ccc(NS(C)(=O)=O)cc1. The van der Waals surface area contributed by atoms with Gasteiger partial charge in [0.25, 0.3) is 0 Å². The fourth-order valence-electron chi connectivity index (χ4n) is 2.93. The van der Waals surface area contributed by atoms with Gasteiger partial charge in [-0.2, -0.15) is 0 Å². The number of carbonyl (C=O) groups is 2. The molecule has 3 aromatic carbocycles. The first-order valence-corrected chi connectivity index (χ1v) is 11.7. The number of sulfonamides is 1. The zero-order chi connectivity index (χ0) is 23.1. The largest absolute Gasteiger partial charge is 0.488 e. The van der Waals surface area contributed by atoms with Crippen LogP contribution in [0.2, 0.25) is 0 Å². The van der Waals surface area contributed by atoms with Crippen molar-refractivity contribution in [3.63, 3.8) is 0 Å². The minimum absolute atomic E-state index is 0.218. The summed E-state index contributed by atoms with van der Waals surface area (Å²) in [5, 5.41) is 0. The molecular formula is C24H23NO6S. The number of rotatable bonds is 9. The van der Waals surface area contributed by atoms with Crippen molar-refractivity contribution in [3.05, 3.63) is 95.6 Å². The normalized spacial score (nSPS) is 11.9. The Hall–Kier alpha value is -3.65. The molecule has 7 nitrogen and oxygen atoms in total. The Bertz CT molecular complexity index is 1190. The summed E-state index contributed by atoms with van der Waals surface area (Å²) >= 11 is 0. The monoisotopic (exact) mass is 453 g/mol. The molecule has 8 heteroatoms. The van der Waals surface area contributed by atoms with E-state index in [0.29, 0.717) is 11.4 Å². The smallest absolute Gasteiger partial charge is 0.342 e. The van der Waals surface area contributed by atoms with E-state index in [9.17, 15) is 18.0 Å². The van der Waals surface area contributed by atoms with Crippen molar-refractivity contribution in [1.29, 1.82) is 0 Å². The van der Waals surface area contributed by atoms with E-state index in [1.54, 1.807) is 24.3 Å². The molecule has 0 spiro atoms. The molecule has 0 saturated carbocycles. The molecule has 1 atom stereocenters. The summed E-state index contributed by atoms with van der Waals surface area (Å²) in [5.41, 5.74) is 1.79. The molecule has 1 N–H and O–H groups in total. The summed E-state index contributed by atoms with van der Waals surface area (Å²) < 4.78 is 36.1. The van der Waals surface area contributed by atoms with Crippen LogP contribution in [0.1, 0.15) is 33.2 Å². The van der Waals surface area contributed by atoms with Gasteiger partial charge in [-0.1, -0.05) is 42.5 Å². The van der Waals surface area contributed by atoms with E-state index in [4.69, 9.17) is 9.47 Å². The minimum atomic E-state index is -3.42. The Morgan fingerprint density at radius 2 is 1.53 bits per heavy atom. The standard InChI is InChI=1S/C24H23NO6S/c1-17(23(26)19-12-14-20(15-13-19)25-32(2,28)29)31-24(27)21-10-6-7-11-22(21)30-16-18-8-4-3-5-9-18/h3-15,17,25H,16H2,1-2H3. The number of nitrogens with one attached hydrogen (secondary N) is 1. The van der Waals surface area contributed by atoms with Crippen LogP contribution in [0, 0.1) is 0 Å². The Labute approximate surface area is 187 Å². The molecule has 3 rings (SSSR count). The van der Waals surface area contributed by atoms with Crippen molar-refractivity contribution in [2.45, 2.75) is 19.6 Å². The van der Waals surface area contributed by atoms with Crippen molar-refractivity contribution >= 4 is 27.5 Å². The van der Waals surface area contributed by atoms with E-state index in [2.05, 4.69) is 4.72 Å². The number of anilines is 1. The van der Waals surface area contributed by atoms with Gasteiger partial charge in [-0.25, -0.2) is 13.2 Å². The summed E-state index contributed by atoms with van der Waals surface area (Å²) in [7, 11) is -3.42. The van der Waals surface area contributed by atoms with Crippen LogP contribution in [0.5, 0.6) is 5.75 Å². The number of Topliss-reactive ketones (excluding diaryl/α,β-unsaturated/α-hetero) is 1. The maximum Gasteiger partial charge on any atom is 0.342 e. The third-order valence-corrected chi connectivity index (χ3v) is 5.08. The number of carbonyl (C=O) groups excluding carboxylic acids is 2. The van der Waals surface area contributed by atoms with E-state index in [-0.39, 0.29) is 17.7 Å². The van der Waals surface area contributed by atoms with Gasteiger partial charge in [-0.3, -0.25) is 9.52 Å². The van der Waals surface area contributed by atoms with E-state index in [0.717, 1.165) is 11.8 Å². The van der Waals surface area contributed by atoms with Crippen LogP contribution in [-0.2, 0) is 21.4 Å². The molecule has 3 aromatic rings. The molecule has 0 aromatic heterocycles. The van der Waals surface area contributed by atoms with Crippen LogP contribution >= 0.6 is 0 Å². The molecule has 0 heterocycles. The van der Waals surface area contributed by atoms with Gasteiger partial charge in [0.05, 0.1) is 6.26 Å². The maximum atomic E-state index is 12.7. The predicted octanol–water partition coefficient (Wildman–Crippen LogP) is 4.07. The van der Waals surface area contributed by atoms with E-state index in [1.807, 2.05) is 30.3 Å². The summed E-state index contributed by atoms with van der Waals surface area (Å²) in [6.07, 6.45) is -0.00645. The zero-order valence-electron chi connectivity index (χ0n) is 17.6. The van der Waals surface area contributed by atoms with Crippen LogP contribution in [0.3, 0.4) is 0 Å². The van der Waals surface area contributed by atoms with Crippen LogP contribution in [0.15, 0.2) is 78.9 Å². The lowest BCUT2D eigenvalue weighted by atomic mass is 10.1. The zero-order valence-corrected chi connectivity index (χ0v) is 18.5. The number of para-hydroxylation sites is 1. The maximum absolute atomic E-state index is 12.7. The topological polar surface area (TPSA) is 98.8 Å². The van der Waals surface area contributed by atoms with Crippen molar-refractivity contribution in [2.24, 2.45) is 0 Å². The van der Waals surface area contributed by atoms with Crippen LogP contribution in [-0.4, -0.2) is 32.5 Å². The number of ether oxygens (including phenoxy) is 2. The van der Waals surface area contributed by atoms with E-state index in [1.165, 1.54) is 31.2 Å². The second-order valence-electron chi connectivity index (χ2n) is 7.13. The fourth-order valence-corrected chi connectivity index (χ4v) is 3.49. The molecule has 0 radical (unpaired) electrons. The number of benzene rings is 3. The van der Waals surface area contributed by atoms with Gasteiger partial charge in [0, 0.05) is 11.3 Å². The fraction of sp³-hybridized carbons (Fsp3) is 0.167. The highest BCUT2D eigenvalue weighted by Gasteiger charge is 2.22. The first kappa shape index (κ1) is 23.0. The van der Waals surface area contributed by atoms with Crippen LogP contribution < -0.4 is 9.46 Å². The Morgan fingerprint density at radius 1 is 0.906 bits per heavy atom. The lowest BCUT2D eigenvalue weighted by molar-refractivity contribution is 0.0314. The lowest BCUT2D eigenvalue weighted by Gasteiger charge is -2.15. The molecule has 0 aliphatic carbocycles. The first-order chi connectivity index (χ1) is 15.2. The Balaban J connectivity index is 1.65. The highest BCUT2D eigenvalue weighted by Crippen LogP contribution is 2.22. The highest BCUT2D eigenvalue weighted by molar-refractivity contribution is 7.92. The quantitative estimate of drug-likeness (QED) is 0.387. The second kappa shape index (κ2) is 10.1. The highest BCUT2D eigenvalue weighted by atomic mass is 32.2. The second-order valence-corrected chi connectivity index (χ2v) is 8.88. The van der Waals surface area contributed by atoms with Gasteiger partial charge in [-0.15, -0.1) is 0 Å². The summed E-state index contributed by atoms with van der Waals surface area (Å²) in [4.78, 5) is 25.4. The van der Waals surface area contributed by atoms with Gasteiger partial charge >= 0.3 is 5.97 Å². The molecule has 166 valence electrons. The van der Waals surface area contributed by atoms with Gasteiger partial charge in [0.15, 0.2) is 6.10 Å². The van der Waals surface area contributed by atoms with Crippen molar-refractivity contribution in [1.82, 2.24) is 0 Å². The number of esters is 1. The number of ketones is 1. The third kappa shape index (κ3) is 6.42. The molecular weight excluding hydrogens is 430 g/mol. The predicted molar refractivity (Wildman–Crippen MR) is 121 cm³/mol. The van der Waals surface area contributed by atoms with Gasteiger partial charge < -0.3 is 9.47 Å². The first-order valence-electron chi connectivity index (χ1n) is 9.82. The van der Waals surface area contributed by atoms with E-state index < -0.39 is 27.9 Å². The lowest BCUT2D eigenvalue weighted by Crippen LogP contribution is -2.24. The summed E-state index contributed by atoms with van der Waals surface area (Å²) in [6, 6.07) is 22.1. The average Bonchev–Trinajstić information content (AvgIpc) is 2.77. The average molecular weight is 454 g/mol.